The molecule has 0 saturated carbocycles. The van der Waals surface area contributed by atoms with Gasteiger partial charge < -0.3 is 20.5 Å². The molecule has 2 unspecified atom stereocenters. The Morgan fingerprint density at radius 1 is 1.48 bits per heavy atom. The number of aliphatic hydroxyl groups is 1. The van der Waals surface area contributed by atoms with Crippen molar-refractivity contribution in [2.75, 3.05) is 13.2 Å². The zero-order chi connectivity index (χ0) is 17.0. The number of hydrogen-bond acceptors (Lipinski definition) is 4. The number of hydrogen-bond donors (Lipinski definition) is 3. The third kappa shape index (κ3) is 5.40. The summed E-state index contributed by atoms with van der Waals surface area (Å²) in [6, 6.07) is 4.37. The Morgan fingerprint density at radius 3 is 2.83 bits per heavy atom. The first kappa shape index (κ1) is 17.6. The lowest BCUT2D eigenvalue weighted by Crippen LogP contribution is -2.40. The van der Waals surface area contributed by atoms with Gasteiger partial charge in [0.05, 0.1) is 12.1 Å². The lowest BCUT2D eigenvalue weighted by atomic mass is 10.1. The summed E-state index contributed by atoms with van der Waals surface area (Å²) in [5, 5.41) is 14.9. The van der Waals surface area contributed by atoms with E-state index in [0.717, 1.165) is 5.56 Å². The number of benzene rings is 1. The van der Waals surface area contributed by atoms with E-state index in [1.54, 1.807) is 19.1 Å². The number of carbonyl (C=O) groups excluding carboxylic acids is 1. The van der Waals surface area contributed by atoms with Gasteiger partial charge in [0.1, 0.15) is 5.75 Å². The van der Waals surface area contributed by atoms with Gasteiger partial charge in [-0.15, -0.1) is 0 Å². The number of carbonyl (C=O) groups is 1. The predicted molar refractivity (Wildman–Crippen MR) is 77.0 cm³/mol. The molecule has 1 saturated heterocycles. The normalized spacial score (nSPS) is 21.3. The molecule has 2 rings (SSSR count). The largest absolute Gasteiger partial charge is 0.484 e. The summed E-state index contributed by atoms with van der Waals surface area (Å²) in [5.41, 5.74) is 1.23. The summed E-state index contributed by atoms with van der Waals surface area (Å²) in [7, 11) is 0. The number of rotatable bonds is 5. The molecule has 2 atom stereocenters. The Hall–Kier alpha value is -1.80. The van der Waals surface area contributed by atoms with Crippen molar-refractivity contribution in [3.63, 3.8) is 0 Å². The van der Waals surface area contributed by atoms with Gasteiger partial charge in [0.15, 0.2) is 6.61 Å². The van der Waals surface area contributed by atoms with Crippen molar-refractivity contribution in [3.05, 3.63) is 29.3 Å². The van der Waals surface area contributed by atoms with Gasteiger partial charge >= 0.3 is 6.18 Å². The lowest BCUT2D eigenvalue weighted by molar-refractivity contribution is -0.153. The van der Waals surface area contributed by atoms with Crippen LogP contribution in [-0.4, -0.2) is 42.5 Å². The van der Waals surface area contributed by atoms with E-state index in [4.69, 9.17) is 4.74 Å². The quantitative estimate of drug-likeness (QED) is 0.760. The zero-order valence-electron chi connectivity index (χ0n) is 12.6. The highest BCUT2D eigenvalue weighted by Crippen LogP contribution is 2.23. The third-order valence-electron chi connectivity index (χ3n) is 3.49. The van der Waals surface area contributed by atoms with E-state index in [2.05, 4.69) is 10.6 Å². The fourth-order valence-electron chi connectivity index (χ4n) is 2.32. The van der Waals surface area contributed by atoms with E-state index in [0.29, 0.717) is 18.5 Å². The van der Waals surface area contributed by atoms with Crippen molar-refractivity contribution < 1.29 is 27.8 Å². The van der Waals surface area contributed by atoms with E-state index in [9.17, 15) is 23.1 Å². The lowest BCUT2D eigenvalue weighted by Gasteiger charge is -2.16. The maximum Gasteiger partial charge on any atom is 0.422 e. The van der Waals surface area contributed by atoms with Crippen molar-refractivity contribution >= 4 is 5.91 Å². The van der Waals surface area contributed by atoms with Gasteiger partial charge in [-0.1, -0.05) is 12.1 Å². The first-order chi connectivity index (χ1) is 10.7. The van der Waals surface area contributed by atoms with Gasteiger partial charge in [0.25, 0.3) is 0 Å². The van der Waals surface area contributed by atoms with E-state index >= 15 is 0 Å². The van der Waals surface area contributed by atoms with Crippen LogP contribution in [0.3, 0.4) is 0 Å². The van der Waals surface area contributed by atoms with E-state index in [1.807, 2.05) is 0 Å². The molecule has 128 valence electrons. The monoisotopic (exact) mass is 332 g/mol. The smallest absolute Gasteiger partial charge is 0.422 e. The number of ether oxygens (including phenoxy) is 1. The third-order valence-corrected chi connectivity index (χ3v) is 3.49. The molecule has 0 spiro atoms. The second kappa shape index (κ2) is 7.18. The van der Waals surface area contributed by atoms with Crippen LogP contribution in [0.1, 0.15) is 17.5 Å². The van der Waals surface area contributed by atoms with E-state index < -0.39 is 24.9 Å². The average Bonchev–Trinajstić information content (AvgIpc) is 2.89. The Balaban J connectivity index is 1.97. The molecule has 3 N–H and O–H groups in total. The molecule has 1 aromatic carbocycles. The van der Waals surface area contributed by atoms with Gasteiger partial charge in [-0.3, -0.25) is 4.79 Å². The van der Waals surface area contributed by atoms with Crippen LogP contribution in [0.15, 0.2) is 18.2 Å². The molecule has 0 bridgehead atoms. The SMILES string of the molecule is Cc1ccc(CNC(=O)C2CC(O)CN2)c(OCC(F)(F)F)c1. The van der Waals surface area contributed by atoms with Crippen molar-refractivity contribution in [1.82, 2.24) is 10.6 Å². The topological polar surface area (TPSA) is 70.6 Å². The molecule has 0 radical (unpaired) electrons. The summed E-state index contributed by atoms with van der Waals surface area (Å²) in [4.78, 5) is 12.0. The second-order valence-corrected chi connectivity index (χ2v) is 5.58. The predicted octanol–water partition coefficient (Wildman–Crippen LogP) is 1.28. The molecule has 8 heteroatoms. The molecule has 0 aliphatic carbocycles. The molecule has 1 fully saturated rings. The molecule has 23 heavy (non-hydrogen) atoms. The Bertz CT molecular complexity index is 563. The van der Waals surface area contributed by atoms with Gasteiger partial charge in [0, 0.05) is 18.7 Å². The Morgan fingerprint density at radius 2 is 2.22 bits per heavy atom. The van der Waals surface area contributed by atoms with Crippen LogP contribution in [0.2, 0.25) is 0 Å². The first-order valence-electron chi connectivity index (χ1n) is 7.23. The molecule has 1 aromatic rings. The van der Waals surface area contributed by atoms with Crippen LogP contribution < -0.4 is 15.4 Å². The van der Waals surface area contributed by atoms with Gasteiger partial charge in [0.2, 0.25) is 5.91 Å². The molecular weight excluding hydrogens is 313 g/mol. The highest BCUT2D eigenvalue weighted by atomic mass is 19.4. The molecule has 1 heterocycles. The molecule has 5 nitrogen and oxygen atoms in total. The van der Waals surface area contributed by atoms with Gasteiger partial charge in [-0.2, -0.15) is 13.2 Å². The summed E-state index contributed by atoms with van der Waals surface area (Å²) in [6.45, 7) is 0.767. The van der Waals surface area contributed by atoms with Crippen molar-refractivity contribution in [2.45, 2.75) is 38.2 Å². The summed E-state index contributed by atoms with van der Waals surface area (Å²) < 4.78 is 41.7. The second-order valence-electron chi connectivity index (χ2n) is 5.58. The maximum atomic E-state index is 12.3. The number of aryl methyl sites for hydroxylation is 1. The van der Waals surface area contributed by atoms with E-state index in [-0.39, 0.29) is 18.2 Å². The van der Waals surface area contributed by atoms with Crippen LogP contribution in [0, 0.1) is 6.92 Å². The van der Waals surface area contributed by atoms with Crippen LogP contribution >= 0.6 is 0 Å². The minimum atomic E-state index is -4.42. The number of aliphatic hydroxyl groups excluding tert-OH is 1. The van der Waals surface area contributed by atoms with Crippen LogP contribution in [0.5, 0.6) is 5.75 Å². The molecule has 1 aliphatic heterocycles. The van der Waals surface area contributed by atoms with Gasteiger partial charge in [-0.25, -0.2) is 0 Å². The van der Waals surface area contributed by atoms with Gasteiger partial charge in [-0.05, 0) is 25.0 Å². The number of β-amino-alcohol motifs (C(OH)–C–C–N with tert-alkyl or cyclic N) is 1. The molecular formula is C15H19F3N2O3. The minimum Gasteiger partial charge on any atom is -0.484 e. The number of alkyl halides is 3. The van der Waals surface area contributed by atoms with Crippen LogP contribution in [0.25, 0.3) is 0 Å². The summed E-state index contributed by atoms with van der Waals surface area (Å²) in [5.74, 6) is -0.203. The first-order valence-corrected chi connectivity index (χ1v) is 7.23. The zero-order valence-corrected chi connectivity index (χ0v) is 12.6. The maximum absolute atomic E-state index is 12.3. The Labute approximate surface area is 131 Å². The van der Waals surface area contributed by atoms with Crippen LogP contribution in [0.4, 0.5) is 13.2 Å². The summed E-state index contributed by atoms with van der Waals surface area (Å²) in [6.07, 6.45) is -4.67. The number of amides is 1. The standard InChI is InChI=1S/C15H19F3N2O3/c1-9-2-3-10(13(4-9)23-8-15(16,17)18)6-20-14(22)12-5-11(21)7-19-12/h2-4,11-12,19,21H,5-8H2,1H3,(H,20,22). The van der Waals surface area contributed by atoms with Crippen LogP contribution in [-0.2, 0) is 11.3 Å². The van der Waals surface area contributed by atoms with E-state index in [1.165, 1.54) is 6.07 Å². The Kier molecular flexibility index (Phi) is 5.48. The fourth-order valence-corrected chi connectivity index (χ4v) is 2.32. The summed E-state index contributed by atoms with van der Waals surface area (Å²) >= 11 is 0. The van der Waals surface area contributed by atoms with Crippen molar-refractivity contribution in [2.24, 2.45) is 0 Å². The number of nitrogens with one attached hydrogen (secondary N) is 2. The average molecular weight is 332 g/mol. The number of halogens is 3. The molecule has 1 amide bonds. The highest BCUT2D eigenvalue weighted by Gasteiger charge is 2.29. The van der Waals surface area contributed by atoms with Crippen molar-refractivity contribution in [1.29, 1.82) is 0 Å². The molecule has 0 aromatic heterocycles. The van der Waals surface area contributed by atoms with Crippen molar-refractivity contribution in [3.8, 4) is 5.75 Å². The minimum absolute atomic E-state index is 0.0561. The molecule has 1 aliphatic rings. The fraction of sp³-hybridized carbons (Fsp3) is 0.533. The highest BCUT2D eigenvalue weighted by molar-refractivity contribution is 5.82.